The second kappa shape index (κ2) is 22.1. The lowest BCUT2D eigenvalue weighted by atomic mass is 9.79. The van der Waals surface area contributed by atoms with Crippen LogP contribution in [0.3, 0.4) is 0 Å². The third-order valence-corrected chi connectivity index (χ3v) is 7.65. The first-order valence-corrected chi connectivity index (χ1v) is 15.6. The minimum atomic E-state index is -2.74. The van der Waals surface area contributed by atoms with Crippen molar-refractivity contribution in [2.75, 3.05) is 39.5 Å². The van der Waals surface area contributed by atoms with E-state index in [2.05, 4.69) is 18.7 Å². The number of carboxylic acid groups (broad SMARTS) is 6. The summed E-state index contributed by atoms with van der Waals surface area (Å²) in [5.74, 6) is -10.1. The van der Waals surface area contributed by atoms with Crippen molar-refractivity contribution in [1.29, 1.82) is 0 Å². The van der Waals surface area contributed by atoms with Crippen LogP contribution in [-0.2, 0) is 48.5 Å². The SMILES string of the molecule is CCN(CC)CCOCCOC(=O)C1(c2ccccc2)CCCC1.O=C(O)CC(O)(CC(=O)O)C(=O)O.O=C(O)CC(O)(CC(=O)O)C(=O)O. The normalized spacial score (nSPS) is 13.5. The molecule has 18 heteroatoms. The molecule has 0 saturated heterocycles. The molecule has 18 nitrogen and oxygen atoms in total. The molecule has 0 unspecified atom stereocenters. The molecule has 0 amide bonds. The maximum Gasteiger partial charge on any atom is 0.336 e. The number of carboxylic acids is 6. The van der Waals surface area contributed by atoms with Crippen LogP contribution in [0.2, 0.25) is 0 Å². The summed E-state index contributed by atoms with van der Waals surface area (Å²) in [5.41, 5.74) is -4.83. The average molecular weight is 718 g/mol. The van der Waals surface area contributed by atoms with Gasteiger partial charge in [-0.1, -0.05) is 57.0 Å². The molecule has 1 aliphatic rings. The Kier molecular flexibility index (Phi) is 20.1. The highest BCUT2D eigenvalue weighted by atomic mass is 16.6. The maximum atomic E-state index is 12.7. The molecular formula is C32H47NO17. The van der Waals surface area contributed by atoms with Crippen LogP contribution in [0.4, 0.5) is 0 Å². The summed E-state index contributed by atoms with van der Waals surface area (Å²) in [6.07, 6.45) is -0.626. The fourth-order valence-corrected chi connectivity index (χ4v) is 4.94. The molecule has 0 radical (unpaired) electrons. The second-order valence-electron chi connectivity index (χ2n) is 11.4. The molecule has 0 aliphatic heterocycles. The van der Waals surface area contributed by atoms with Gasteiger partial charge in [-0.3, -0.25) is 24.0 Å². The van der Waals surface area contributed by atoms with Gasteiger partial charge in [0.25, 0.3) is 0 Å². The van der Waals surface area contributed by atoms with Crippen LogP contribution < -0.4 is 0 Å². The lowest BCUT2D eigenvalue weighted by Gasteiger charge is -2.27. The first-order chi connectivity index (χ1) is 23.3. The van der Waals surface area contributed by atoms with E-state index in [4.69, 9.17) is 50.3 Å². The minimum Gasteiger partial charge on any atom is -0.481 e. The number of rotatable bonds is 20. The highest BCUT2D eigenvalue weighted by Gasteiger charge is 2.44. The van der Waals surface area contributed by atoms with Crippen LogP contribution in [0.25, 0.3) is 0 Å². The second-order valence-corrected chi connectivity index (χ2v) is 11.4. The van der Waals surface area contributed by atoms with Crippen molar-refractivity contribution in [3.05, 3.63) is 35.9 Å². The Labute approximate surface area is 287 Å². The zero-order valence-electron chi connectivity index (χ0n) is 28.0. The quantitative estimate of drug-likeness (QED) is 0.0686. The molecule has 1 aliphatic carbocycles. The number of carbonyl (C=O) groups excluding carboxylic acids is 1. The summed E-state index contributed by atoms with van der Waals surface area (Å²) in [5, 5.41) is 67.6. The predicted molar refractivity (Wildman–Crippen MR) is 170 cm³/mol. The molecule has 50 heavy (non-hydrogen) atoms. The van der Waals surface area contributed by atoms with E-state index in [1.54, 1.807) is 0 Å². The zero-order chi connectivity index (χ0) is 38.5. The van der Waals surface area contributed by atoms with Gasteiger partial charge in [-0.2, -0.15) is 0 Å². The van der Waals surface area contributed by atoms with Crippen molar-refractivity contribution in [2.24, 2.45) is 0 Å². The van der Waals surface area contributed by atoms with Gasteiger partial charge in [0.05, 0.1) is 44.3 Å². The van der Waals surface area contributed by atoms with Crippen LogP contribution in [0.1, 0.15) is 70.8 Å². The molecule has 2 rings (SSSR count). The van der Waals surface area contributed by atoms with E-state index in [0.29, 0.717) is 19.8 Å². The molecule has 0 heterocycles. The molecule has 0 spiro atoms. The lowest BCUT2D eigenvalue weighted by Crippen LogP contribution is -2.42. The zero-order valence-corrected chi connectivity index (χ0v) is 28.0. The summed E-state index contributed by atoms with van der Waals surface area (Å²) >= 11 is 0. The molecule has 1 aromatic rings. The van der Waals surface area contributed by atoms with E-state index < -0.39 is 78.1 Å². The third kappa shape index (κ3) is 16.2. The van der Waals surface area contributed by atoms with E-state index in [9.17, 15) is 33.6 Å². The predicted octanol–water partition coefficient (Wildman–Crippen LogP) is 0.903. The standard InChI is InChI=1S/C20H31NO3.2C6H8O7/c1-3-21(4-2)14-15-23-16-17-24-19(22)20(12-8-9-13-20)18-10-6-5-7-11-18;2*7-3(8)1-6(13,5(11)12)2-4(9)10/h5-7,10-11H,3-4,8-9,12-17H2,1-2H3;2*13H,1-2H2,(H,7,8)(H,9,10)(H,11,12). The Morgan fingerprint density at radius 3 is 1.40 bits per heavy atom. The van der Waals surface area contributed by atoms with Crippen LogP contribution in [0, 0.1) is 0 Å². The number of hydrogen-bond acceptors (Lipinski definition) is 12. The largest absolute Gasteiger partial charge is 0.481 e. The molecule has 8 N–H and O–H groups in total. The first-order valence-electron chi connectivity index (χ1n) is 15.6. The Balaban J connectivity index is 0.000000789. The number of esters is 1. The van der Waals surface area contributed by atoms with Gasteiger partial charge in [0.1, 0.15) is 6.61 Å². The van der Waals surface area contributed by atoms with Crippen LogP contribution >= 0.6 is 0 Å². The number of hydrogen-bond donors (Lipinski definition) is 8. The van der Waals surface area contributed by atoms with Crippen molar-refractivity contribution >= 4 is 41.8 Å². The number of nitrogens with zero attached hydrogens (tertiary/aromatic N) is 1. The van der Waals surface area contributed by atoms with Crippen LogP contribution in [-0.4, -0.2) is 138 Å². The highest BCUT2D eigenvalue weighted by molar-refractivity contribution is 5.89. The van der Waals surface area contributed by atoms with Gasteiger partial charge in [0.15, 0.2) is 11.2 Å². The van der Waals surface area contributed by atoms with Gasteiger partial charge in [-0.15, -0.1) is 0 Å². The topological polar surface area (TPSA) is 303 Å². The fraction of sp³-hybridized carbons (Fsp3) is 0.594. The molecule has 1 aromatic carbocycles. The molecule has 0 aromatic heterocycles. The first kappa shape index (κ1) is 45.3. The van der Waals surface area contributed by atoms with Crippen LogP contribution in [0.5, 0.6) is 0 Å². The molecule has 1 saturated carbocycles. The van der Waals surface area contributed by atoms with Crippen molar-refractivity contribution in [3.63, 3.8) is 0 Å². The van der Waals surface area contributed by atoms with E-state index in [0.717, 1.165) is 50.9 Å². The summed E-state index contributed by atoms with van der Waals surface area (Å²) in [7, 11) is 0. The van der Waals surface area contributed by atoms with Gasteiger partial charge >= 0.3 is 41.8 Å². The molecular weight excluding hydrogens is 670 g/mol. The number of aliphatic hydroxyl groups is 2. The van der Waals surface area contributed by atoms with E-state index >= 15 is 0 Å². The number of carbonyl (C=O) groups is 7. The Bertz CT molecular complexity index is 1190. The van der Waals surface area contributed by atoms with Crippen molar-refractivity contribution < 1.29 is 83.9 Å². The minimum absolute atomic E-state index is 0.0847. The Morgan fingerprint density at radius 2 is 1.06 bits per heavy atom. The van der Waals surface area contributed by atoms with Gasteiger partial charge in [0.2, 0.25) is 0 Å². The fourth-order valence-electron chi connectivity index (χ4n) is 4.94. The van der Waals surface area contributed by atoms with Crippen LogP contribution in [0.15, 0.2) is 30.3 Å². The van der Waals surface area contributed by atoms with E-state index in [1.807, 2.05) is 30.3 Å². The van der Waals surface area contributed by atoms with Crippen molar-refractivity contribution in [3.8, 4) is 0 Å². The Morgan fingerprint density at radius 1 is 0.660 bits per heavy atom. The van der Waals surface area contributed by atoms with E-state index in [-0.39, 0.29) is 5.97 Å². The van der Waals surface area contributed by atoms with Gasteiger partial charge in [-0.05, 0) is 31.5 Å². The third-order valence-electron chi connectivity index (χ3n) is 7.65. The average Bonchev–Trinajstić information content (AvgIpc) is 3.52. The molecule has 1 fully saturated rings. The maximum absolute atomic E-state index is 12.7. The highest BCUT2D eigenvalue weighted by Crippen LogP contribution is 2.42. The summed E-state index contributed by atoms with van der Waals surface area (Å²) in [6, 6.07) is 10.1. The molecule has 282 valence electrons. The summed E-state index contributed by atoms with van der Waals surface area (Å²) < 4.78 is 11.2. The number of benzene rings is 1. The monoisotopic (exact) mass is 717 g/mol. The van der Waals surface area contributed by atoms with E-state index in [1.165, 1.54) is 0 Å². The van der Waals surface area contributed by atoms with Gasteiger partial charge < -0.3 is 55.2 Å². The van der Waals surface area contributed by atoms with Crippen molar-refractivity contribution in [2.45, 2.75) is 81.8 Å². The summed E-state index contributed by atoms with van der Waals surface area (Å²) in [4.78, 5) is 76.0. The Hall–Kier alpha value is -4.65. The van der Waals surface area contributed by atoms with Gasteiger partial charge in [0, 0.05) is 6.54 Å². The van der Waals surface area contributed by atoms with Crippen molar-refractivity contribution in [1.82, 2.24) is 4.90 Å². The smallest absolute Gasteiger partial charge is 0.336 e. The van der Waals surface area contributed by atoms with Gasteiger partial charge in [-0.25, -0.2) is 9.59 Å². The number of ether oxygens (including phenoxy) is 2. The number of likely N-dealkylation sites (N-methyl/N-ethyl adjacent to an activating group) is 1. The molecule has 0 bridgehead atoms. The lowest BCUT2D eigenvalue weighted by molar-refractivity contribution is -0.170. The molecule has 0 atom stereocenters. The number of aliphatic carboxylic acids is 6. The summed E-state index contributed by atoms with van der Waals surface area (Å²) in [6.45, 7) is 8.79.